The van der Waals surface area contributed by atoms with Crippen LogP contribution in [0.2, 0.25) is 0 Å². The summed E-state index contributed by atoms with van der Waals surface area (Å²) in [6.07, 6.45) is 0. The molecule has 0 aliphatic carbocycles. The summed E-state index contributed by atoms with van der Waals surface area (Å²) in [5, 5.41) is 0. The van der Waals surface area contributed by atoms with Crippen LogP contribution in [0.4, 0.5) is 17.6 Å². The van der Waals surface area contributed by atoms with Crippen LogP contribution in [0.3, 0.4) is 0 Å². The quantitative estimate of drug-likeness (QED) is 0.187. The molecule has 1 aliphatic rings. The van der Waals surface area contributed by atoms with Crippen LogP contribution in [-0.4, -0.2) is 23.5 Å². The van der Waals surface area contributed by atoms with Crippen molar-refractivity contribution in [2.75, 3.05) is 0 Å². The monoisotopic (exact) mass is 467 g/mol. The van der Waals surface area contributed by atoms with Crippen LogP contribution in [0.1, 0.15) is 54.1 Å². The molecular weight excluding hydrogens is 445 g/mol. The Morgan fingerprint density at radius 1 is 0.559 bits per heavy atom. The molecule has 4 rings (SSSR count). The largest absolute Gasteiger partial charge is 0.336 e. The number of hydrogen-bond donors (Lipinski definition) is 0. The van der Waals surface area contributed by atoms with E-state index in [0.717, 1.165) is 38.2 Å². The van der Waals surface area contributed by atoms with Gasteiger partial charge in [0, 0.05) is 0 Å². The van der Waals surface area contributed by atoms with E-state index in [1.807, 2.05) is 65.8 Å². The summed E-state index contributed by atoms with van der Waals surface area (Å²) in [5.41, 5.74) is 4.00. The molecule has 0 saturated heterocycles. The third-order valence-corrected chi connectivity index (χ3v) is 6.41. The number of nitrogens with zero attached hydrogens (tertiary/aromatic N) is 1. The fourth-order valence-corrected chi connectivity index (χ4v) is 5.25. The molecule has 0 bridgehead atoms. The van der Waals surface area contributed by atoms with Crippen molar-refractivity contribution in [3.8, 4) is 0 Å². The normalized spacial score (nSPS) is 13.1. The minimum absolute atomic E-state index is 0.608. The molecule has 1 aliphatic heterocycles. The Morgan fingerprint density at radius 3 is 1.15 bits per heavy atom. The van der Waals surface area contributed by atoms with Gasteiger partial charge in [0.15, 0.2) is 23.3 Å². The van der Waals surface area contributed by atoms with Crippen LogP contribution < -0.4 is 10.9 Å². The Kier molecular flexibility index (Phi) is 5.66. The molecule has 0 saturated carbocycles. The molecule has 2 amide bonds. The molecule has 3 aromatic rings. The van der Waals surface area contributed by atoms with E-state index >= 15 is 0 Å². The van der Waals surface area contributed by atoms with E-state index in [-0.39, 0.29) is 0 Å². The highest BCUT2D eigenvalue weighted by Crippen LogP contribution is 2.32. The number of amides is 2. The second-order valence-electron chi connectivity index (χ2n) is 9.01. The zero-order chi connectivity index (χ0) is 25.2. The van der Waals surface area contributed by atoms with E-state index in [0.29, 0.717) is 10.9 Å². The molecule has 0 fully saturated rings. The lowest BCUT2D eigenvalue weighted by Crippen LogP contribution is -2.61. The van der Waals surface area contributed by atoms with E-state index in [2.05, 4.69) is 0 Å². The van der Waals surface area contributed by atoms with Crippen LogP contribution in [0, 0.1) is 64.8 Å². The molecule has 1 heterocycles. The Balaban J connectivity index is 2.08. The van der Waals surface area contributed by atoms with Crippen molar-refractivity contribution in [2.45, 2.75) is 41.5 Å². The summed E-state index contributed by atoms with van der Waals surface area (Å²) in [6, 6.07) is 7.53. The van der Waals surface area contributed by atoms with Crippen LogP contribution in [0.25, 0.3) is 0 Å². The summed E-state index contributed by atoms with van der Waals surface area (Å²) < 4.78 is 57.3. The zero-order valence-corrected chi connectivity index (χ0v) is 19.7. The number of rotatable bonds is 3. The van der Waals surface area contributed by atoms with Crippen LogP contribution in [-0.2, 0) is 0 Å². The number of carbonyl (C=O) groups excluding carboxylic acids is 2. The Hall–Kier alpha value is -3.42. The van der Waals surface area contributed by atoms with E-state index in [9.17, 15) is 27.2 Å². The maximum absolute atomic E-state index is 14.7. The zero-order valence-electron chi connectivity index (χ0n) is 19.7. The Labute approximate surface area is 195 Å². The van der Waals surface area contributed by atoms with Gasteiger partial charge in [-0.3, -0.25) is 9.59 Å². The highest BCUT2D eigenvalue weighted by molar-refractivity contribution is 6.88. The fraction of sp³-hybridized carbons (Fsp3) is 0.231. The van der Waals surface area contributed by atoms with Crippen molar-refractivity contribution in [2.24, 2.45) is 0 Å². The number of benzene rings is 3. The summed E-state index contributed by atoms with van der Waals surface area (Å²) in [6.45, 7) is 10.0. The van der Waals surface area contributed by atoms with Gasteiger partial charge in [-0.25, -0.2) is 17.6 Å². The van der Waals surface area contributed by atoms with Gasteiger partial charge in [0.2, 0.25) is 0 Å². The van der Waals surface area contributed by atoms with Crippen molar-refractivity contribution >= 4 is 29.6 Å². The standard InChI is InChI=1S/C26H22BF4NO2/c1-11-7-13(3)19(14(4)8-11)27(20-15(5)9-12(2)10-16(20)6)32-25(33)17-18(26(32)34)22(29)24(31)23(30)21(17)28/h7-10H,1-6H3. The lowest BCUT2D eigenvalue weighted by Gasteiger charge is -2.29. The minimum atomic E-state index is -2.12. The highest BCUT2D eigenvalue weighted by Gasteiger charge is 2.50. The molecule has 0 spiro atoms. The topological polar surface area (TPSA) is 37.4 Å². The van der Waals surface area contributed by atoms with Crippen molar-refractivity contribution < 1.29 is 27.2 Å². The number of hydrogen-bond acceptors (Lipinski definition) is 2. The second-order valence-corrected chi connectivity index (χ2v) is 9.01. The summed E-state index contributed by atoms with van der Waals surface area (Å²) >= 11 is 0. The van der Waals surface area contributed by atoms with E-state index in [4.69, 9.17) is 0 Å². The first-order chi connectivity index (χ1) is 15.9. The van der Waals surface area contributed by atoms with Crippen LogP contribution in [0.15, 0.2) is 24.3 Å². The smallest absolute Gasteiger partial charge is 0.311 e. The van der Waals surface area contributed by atoms with E-state index in [1.54, 1.807) is 0 Å². The fourth-order valence-electron chi connectivity index (χ4n) is 5.25. The molecule has 0 atom stereocenters. The number of halogens is 4. The Bertz CT molecular complexity index is 1270. The predicted molar refractivity (Wildman–Crippen MR) is 123 cm³/mol. The summed E-state index contributed by atoms with van der Waals surface area (Å²) in [5.74, 6) is -10.4. The maximum atomic E-state index is 14.7. The van der Waals surface area contributed by atoms with Gasteiger partial charge in [-0.05, 0) is 52.5 Å². The Morgan fingerprint density at radius 2 is 0.853 bits per heavy atom. The van der Waals surface area contributed by atoms with Gasteiger partial charge in [-0.1, -0.05) is 57.6 Å². The molecule has 174 valence electrons. The third kappa shape index (κ3) is 3.35. The molecule has 0 aromatic heterocycles. The highest BCUT2D eigenvalue weighted by atomic mass is 19.2. The number of fused-ring (bicyclic) bond motifs is 1. The molecule has 0 N–H and O–H groups in total. The molecule has 0 unspecified atom stereocenters. The molecule has 0 radical (unpaired) electrons. The first-order valence-electron chi connectivity index (χ1n) is 10.8. The van der Waals surface area contributed by atoms with Gasteiger partial charge in [-0.2, -0.15) is 0 Å². The first kappa shape index (κ1) is 23.7. The number of carbonyl (C=O) groups is 2. The SMILES string of the molecule is Cc1cc(C)c(B(c2c(C)cc(C)cc2C)N2C(=O)c3c(F)c(F)c(F)c(F)c3C2=O)c(C)c1. The molecule has 3 aromatic carbocycles. The second kappa shape index (κ2) is 8.11. The maximum Gasteiger partial charge on any atom is 0.336 e. The molecule has 3 nitrogen and oxygen atoms in total. The summed E-state index contributed by atoms with van der Waals surface area (Å²) in [4.78, 5) is 27.6. The lowest BCUT2D eigenvalue weighted by molar-refractivity contribution is 0.0758. The molecule has 34 heavy (non-hydrogen) atoms. The summed E-state index contributed by atoms with van der Waals surface area (Å²) in [7, 11) is 0. The van der Waals surface area contributed by atoms with Crippen LogP contribution in [0.5, 0.6) is 0 Å². The van der Waals surface area contributed by atoms with Crippen molar-refractivity contribution in [1.29, 1.82) is 0 Å². The molecule has 8 heteroatoms. The van der Waals surface area contributed by atoms with Gasteiger partial charge >= 0.3 is 6.85 Å². The average Bonchev–Trinajstić information content (AvgIpc) is 2.98. The number of aryl methyl sites for hydroxylation is 6. The molecular formula is C26H22BF4NO2. The van der Waals surface area contributed by atoms with Crippen molar-refractivity contribution in [3.63, 3.8) is 0 Å². The van der Waals surface area contributed by atoms with Crippen molar-refractivity contribution in [1.82, 2.24) is 4.81 Å². The van der Waals surface area contributed by atoms with Gasteiger partial charge in [0.25, 0.3) is 11.8 Å². The van der Waals surface area contributed by atoms with E-state index in [1.165, 1.54) is 0 Å². The predicted octanol–water partition coefficient (Wildman–Crippen LogP) is 4.50. The van der Waals surface area contributed by atoms with Gasteiger partial charge in [-0.15, -0.1) is 0 Å². The van der Waals surface area contributed by atoms with Gasteiger partial charge in [0.1, 0.15) is 0 Å². The van der Waals surface area contributed by atoms with E-state index < -0.39 is 53.1 Å². The van der Waals surface area contributed by atoms with Gasteiger partial charge < -0.3 is 4.81 Å². The van der Waals surface area contributed by atoms with Crippen LogP contribution >= 0.6 is 0 Å². The number of imide groups is 1. The minimum Gasteiger partial charge on any atom is -0.311 e. The van der Waals surface area contributed by atoms with Gasteiger partial charge in [0.05, 0.1) is 11.1 Å². The first-order valence-corrected chi connectivity index (χ1v) is 10.8. The average molecular weight is 467 g/mol. The lowest BCUT2D eigenvalue weighted by atomic mass is 9.45. The van der Waals surface area contributed by atoms with Crippen molar-refractivity contribution in [3.05, 3.63) is 92.0 Å². The third-order valence-electron chi connectivity index (χ3n) is 6.41.